The minimum absolute atomic E-state index is 0.0469. The smallest absolute Gasteiger partial charge is 0.382 e. The highest BCUT2D eigenvalue weighted by Gasteiger charge is 2.37. The molecule has 0 amide bonds. The normalized spacial score (nSPS) is 13.6. The molecule has 2 N–H and O–H groups in total. The lowest BCUT2D eigenvalue weighted by Crippen LogP contribution is -2.35. The van der Waals surface area contributed by atoms with Gasteiger partial charge in [0.1, 0.15) is 5.82 Å². The number of anilines is 1. The van der Waals surface area contributed by atoms with Crippen molar-refractivity contribution in [3.8, 4) is 0 Å². The molecular weight excluding hydrogens is 250 g/mol. The van der Waals surface area contributed by atoms with Crippen LogP contribution in [0.3, 0.4) is 0 Å². The molecule has 16 heavy (non-hydrogen) atoms. The molecule has 90 valence electrons. The molecule has 0 saturated carbocycles. The predicted octanol–water partition coefficient (Wildman–Crippen LogP) is 2.81. The zero-order valence-electron chi connectivity index (χ0n) is 7.85. The predicted molar refractivity (Wildman–Crippen MR) is 52.0 cm³/mol. The summed E-state index contributed by atoms with van der Waals surface area (Å²) in [7, 11) is 0. The van der Waals surface area contributed by atoms with Crippen LogP contribution < -0.4 is 5.32 Å². The van der Waals surface area contributed by atoms with Crippen LogP contribution in [-0.2, 0) is 0 Å². The molecule has 0 aliphatic carbocycles. The first-order valence-electron chi connectivity index (χ1n) is 4.24. The van der Waals surface area contributed by atoms with Crippen molar-refractivity contribution in [1.82, 2.24) is 0 Å². The van der Waals surface area contributed by atoms with Crippen LogP contribution in [0.5, 0.6) is 0 Å². The summed E-state index contributed by atoms with van der Waals surface area (Å²) in [5, 5.41) is 10.9. The summed E-state index contributed by atoms with van der Waals surface area (Å²) in [5.41, 5.74) is 0.131. The molecule has 1 aromatic carbocycles. The topological polar surface area (TPSA) is 32.3 Å². The average molecular weight is 258 g/mol. The van der Waals surface area contributed by atoms with Crippen LogP contribution >= 0.6 is 11.6 Å². The van der Waals surface area contributed by atoms with Gasteiger partial charge < -0.3 is 10.4 Å². The minimum Gasteiger partial charge on any atom is -0.382 e. The van der Waals surface area contributed by atoms with Crippen molar-refractivity contribution >= 4 is 17.3 Å². The molecule has 7 heteroatoms. The summed E-state index contributed by atoms with van der Waals surface area (Å²) in [6.07, 6.45) is -7.19. The van der Waals surface area contributed by atoms with E-state index < -0.39 is 24.6 Å². The third-order valence-electron chi connectivity index (χ3n) is 1.79. The summed E-state index contributed by atoms with van der Waals surface area (Å²) < 4.78 is 48.4. The molecule has 1 aromatic rings. The van der Waals surface area contributed by atoms with E-state index in [1.807, 2.05) is 0 Å². The van der Waals surface area contributed by atoms with E-state index in [-0.39, 0.29) is 10.7 Å². The van der Waals surface area contributed by atoms with E-state index in [9.17, 15) is 17.6 Å². The van der Waals surface area contributed by atoms with E-state index in [1.54, 1.807) is 0 Å². The van der Waals surface area contributed by atoms with Gasteiger partial charge in [-0.3, -0.25) is 0 Å². The second kappa shape index (κ2) is 4.88. The zero-order chi connectivity index (χ0) is 12.3. The largest absolute Gasteiger partial charge is 0.416 e. The van der Waals surface area contributed by atoms with E-state index in [4.69, 9.17) is 16.7 Å². The number of halogens is 5. The fourth-order valence-corrected chi connectivity index (χ4v) is 1.19. The fraction of sp³-hybridized carbons (Fsp3) is 0.333. The van der Waals surface area contributed by atoms with Crippen LogP contribution in [0.2, 0.25) is 5.02 Å². The molecule has 0 spiro atoms. The van der Waals surface area contributed by atoms with Crippen LogP contribution in [0, 0.1) is 5.82 Å². The first kappa shape index (κ1) is 13.1. The van der Waals surface area contributed by atoms with Crippen LogP contribution in [0.4, 0.5) is 23.2 Å². The third kappa shape index (κ3) is 3.53. The Kier molecular flexibility index (Phi) is 3.98. The van der Waals surface area contributed by atoms with Crippen molar-refractivity contribution in [3.05, 3.63) is 29.0 Å². The van der Waals surface area contributed by atoms with E-state index in [0.717, 1.165) is 12.1 Å². The van der Waals surface area contributed by atoms with Crippen LogP contribution in [0.25, 0.3) is 0 Å². The molecule has 0 bridgehead atoms. The molecule has 1 unspecified atom stereocenters. The number of aliphatic hydroxyl groups excluding tert-OH is 1. The first-order valence-corrected chi connectivity index (χ1v) is 4.62. The van der Waals surface area contributed by atoms with E-state index >= 15 is 0 Å². The maximum Gasteiger partial charge on any atom is 0.416 e. The molecule has 0 aromatic heterocycles. The molecule has 1 atom stereocenters. The van der Waals surface area contributed by atoms with Gasteiger partial charge in [0.15, 0.2) is 6.10 Å². The van der Waals surface area contributed by atoms with Gasteiger partial charge in [-0.15, -0.1) is 0 Å². The van der Waals surface area contributed by atoms with Crippen molar-refractivity contribution in [3.63, 3.8) is 0 Å². The summed E-state index contributed by atoms with van der Waals surface area (Å²) in [6, 6.07) is 3.21. The maximum atomic E-state index is 12.6. The number of hydrogen-bond acceptors (Lipinski definition) is 2. The third-order valence-corrected chi connectivity index (χ3v) is 2.11. The summed E-state index contributed by atoms with van der Waals surface area (Å²) in [5.74, 6) is -0.591. The number of alkyl halides is 3. The molecule has 0 aliphatic heterocycles. The number of nitrogens with one attached hydrogen (secondary N) is 1. The lowest BCUT2D eigenvalue weighted by Gasteiger charge is -2.16. The van der Waals surface area contributed by atoms with Crippen molar-refractivity contribution in [2.75, 3.05) is 11.9 Å². The standard InChI is InChI=1S/C9H8ClF4NO/c10-6-3-5(11)1-2-7(6)15-4-8(16)9(12,13)14/h1-3,8,15-16H,4H2. The van der Waals surface area contributed by atoms with Gasteiger partial charge in [0.25, 0.3) is 0 Å². The van der Waals surface area contributed by atoms with Gasteiger partial charge in [-0.05, 0) is 18.2 Å². The highest BCUT2D eigenvalue weighted by molar-refractivity contribution is 6.33. The monoisotopic (exact) mass is 257 g/mol. The Bertz CT molecular complexity index is 369. The van der Waals surface area contributed by atoms with Crippen LogP contribution in [0.1, 0.15) is 0 Å². The molecule has 0 heterocycles. The molecular formula is C9H8ClF4NO. The average Bonchev–Trinajstić information content (AvgIpc) is 2.14. The van der Waals surface area contributed by atoms with Crippen molar-refractivity contribution in [2.24, 2.45) is 0 Å². The molecule has 2 nitrogen and oxygen atoms in total. The molecule has 1 rings (SSSR count). The molecule has 0 radical (unpaired) electrons. The molecule has 0 aliphatic rings. The van der Waals surface area contributed by atoms with E-state index in [2.05, 4.69) is 5.32 Å². The Morgan fingerprint density at radius 1 is 1.38 bits per heavy atom. The summed E-state index contributed by atoms with van der Waals surface area (Å²) >= 11 is 5.56. The van der Waals surface area contributed by atoms with Crippen molar-refractivity contribution in [2.45, 2.75) is 12.3 Å². The Hall–Kier alpha value is -1.01. The van der Waals surface area contributed by atoms with Gasteiger partial charge in [0.2, 0.25) is 0 Å². The van der Waals surface area contributed by atoms with Gasteiger partial charge in [-0.1, -0.05) is 11.6 Å². The highest BCUT2D eigenvalue weighted by atomic mass is 35.5. The van der Waals surface area contributed by atoms with Gasteiger partial charge >= 0.3 is 6.18 Å². The minimum atomic E-state index is -4.69. The first-order chi connectivity index (χ1) is 7.30. The SMILES string of the molecule is OC(CNc1ccc(F)cc1Cl)C(F)(F)F. The Labute approximate surface area is 93.8 Å². The molecule has 0 saturated heterocycles. The lowest BCUT2D eigenvalue weighted by atomic mass is 10.3. The van der Waals surface area contributed by atoms with Crippen LogP contribution in [0.15, 0.2) is 18.2 Å². The Morgan fingerprint density at radius 3 is 2.50 bits per heavy atom. The van der Waals surface area contributed by atoms with Gasteiger partial charge in [-0.25, -0.2) is 4.39 Å². The quantitative estimate of drug-likeness (QED) is 0.816. The second-order valence-corrected chi connectivity index (χ2v) is 3.47. The second-order valence-electron chi connectivity index (χ2n) is 3.06. The van der Waals surface area contributed by atoms with Gasteiger partial charge in [0, 0.05) is 6.54 Å². The van der Waals surface area contributed by atoms with Crippen molar-refractivity contribution < 1.29 is 22.7 Å². The van der Waals surface area contributed by atoms with Gasteiger partial charge in [0.05, 0.1) is 10.7 Å². The fourth-order valence-electron chi connectivity index (χ4n) is 0.955. The zero-order valence-corrected chi connectivity index (χ0v) is 8.61. The van der Waals surface area contributed by atoms with E-state index in [1.165, 1.54) is 6.07 Å². The number of benzene rings is 1. The Morgan fingerprint density at radius 2 is 2.00 bits per heavy atom. The van der Waals surface area contributed by atoms with Gasteiger partial charge in [-0.2, -0.15) is 13.2 Å². The molecule has 0 fully saturated rings. The van der Waals surface area contributed by atoms with E-state index in [0.29, 0.717) is 0 Å². The number of hydrogen-bond donors (Lipinski definition) is 2. The number of aliphatic hydroxyl groups is 1. The van der Waals surface area contributed by atoms with Crippen molar-refractivity contribution in [1.29, 1.82) is 0 Å². The highest BCUT2D eigenvalue weighted by Crippen LogP contribution is 2.24. The number of rotatable bonds is 3. The maximum absolute atomic E-state index is 12.6. The summed E-state index contributed by atoms with van der Waals surface area (Å²) in [6.45, 7) is -0.741. The Balaban J connectivity index is 2.62. The lowest BCUT2D eigenvalue weighted by molar-refractivity contribution is -0.198. The summed E-state index contributed by atoms with van der Waals surface area (Å²) in [4.78, 5) is 0. The van der Waals surface area contributed by atoms with Crippen LogP contribution in [-0.4, -0.2) is 23.9 Å².